The number of anilines is 1. The zero-order chi connectivity index (χ0) is 27.2. The van der Waals surface area contributed by atoms with E-state index >= 15 is 0 Å². The highest BCUT2D eigenvalue weighted by Crippen LogP contribution is 2.42. The van der Waals surface area contributed by atoms with E-state index in [4.69, 9.17) is 5.73 Å². The number of carboxylic acid groups (broad SMARTS) is 1. The summed E-state index contributed by atoms with van der Waals surface area (Å²) >= 11 is 0. The Hall–Kier alpha value is -4.94. The van der Waals surface area contributed by atoms with Gasteiger partial charge in [-0.2, -0.15) is 8.42 Å². The van der Waals surface area contributed by atoms with Crippen molar-refractivity contribution in [2.24, 2.45) is 10.3 Å². The molecule has 0 fully saturated rings. The first-order chi connectivity index (χ1) is 18.1. The number of aromatic carboxylic acids is 1. The average Bonchev–Trinajstić information content (AvgIpc) is 2.88. The molecule has 0 aromatic heterocycles. The van der Waals surface area contributed by atoms with Gasteiger partial charge in [-0.3, -0.25) is 4.55 Å². The molecular weight excluding hydrogens is 512 g/mol. The zero-order valence-electron chi connectivity index (χ0n) is 19.4. The van der Waals surface area contributed by atoms with Crippen molar-refractivity contribution in [2.45, 2.75) is 10.9 Å². The van der Waals surface area contributed by atoms with Crippen molar-refractivity contribution < 1.29 is 33.1 Å². The molecule has 0 spiro atoms. The van der Waals surface area contributed by atoms with Crippen LogP contribution in [0.1, 0.15) is 15.9 Å². The van der Waals surface area contributed by atoms with Crippen LogP contribution >= 0.6 is 0 Å². The summed E-state index contributed by atoms with van der Waals surface area (Å²) in [6.07, 6.45) is 10.1. The molecule has 2 aliphatic rings. The Labute approximate surface area is 216 Å². The number of fused-ring (bicyclic) bond motifs is 2. The molecule has 1 atom stereocenters. The molecule has 0 saturated carbocycles. The summed E-state index contributed by atoms with van der Waals surface area (Å²) in [5.74, 6) is -2.19. The highest BCUT2D eigenvalue weighted by atomic mass is 32.2. The maximum Gasteiger partial charge on any atom is 0.339 e. The smallest absolute Gasteiger partial charge is 0.339 e. The number of benzene rings is 3. The highest BCUT2D eigenvalue weighted by molar-refractivity contribution is 7.86. The number of nitrogens with two attached hydrogens (primary N) is 1. The summed E-state index contributed by atoms with van der Waals surface area (Å²) in [7, 11) is -4.79. The van der Waals surface area contributed by atoms with E-state index < -0.39 is 38.5 Å². The zero-order valence-corrected chi connectivity index (χ0v) is 20.2. The first-order valence-corrected chi connectivity index (χ1v) is 12.6. The normalized spacial score (nSPS) is 17.0. The van der Waals surface area contributed by atoms with Crippen LogP contribution in [0.2, 0.25) is 0 Å². The third-order valence-corrected chi connectivity index (χ3v) is 7.02. The molecule has 0 saturated heterocycles. The molecular formula is C26H20N4O7S. The van der Waals surface area contributed by atoms with Gasteiger partial charge in [-0.1, -0.05) is 47.7 Å². The largest absolute Gasteiger partial charge is 0.506 e. The minimum Gasteiger partial charge on any atom is -0.506 e. The number of carbonyl (C=O) groups is 1. The van der Waals surface area contributed by atoms with Crippen LogP contribution in [0.5, 0.6) is 11.5 Å². The van der Waals surface area contributed by atoms with Crippen LogP contribution < -0.4 is 5.73 Å². The Kier molecular flexibility index (Phi) is 5.97. The molecule has 1 heterocycles. The molecule has 0 bridgehead atoms. The molecule has 6 N–H and O–H groups in total. The number of phenols is 2. The number of carboxylic acids is 1. The van der Waals surface area contributed by atoms with E-state index in [0.717, 1.165) is 6.07 Å². The van der Waals surface area contributed by atoms with Gasteiger partial charge in [0.15, 0.2) is 11.4 Å². The molecule has 5 rings (SSSR count). The van der Waals surface area contributed by atoms with Gasteiger partial charge >= 0.3 is 5.97 Å². The first kappa shape index (κ1) is 24.7. The SMILES string of the molecule is Nc1ccc2cc(S(=O)(=O)O)c(N=NN3C=CC(c4cccc(C(=O)O)c4O)=C4C=CC=CC43)c(O)c2c1. The van der Waals surface area contributed by atoms with Crippen molar-refractivity contribution in [2.75, 3.05) is 5.73 Å². The molecule has 38 heavy (non-hydrogen) atoms. The van der Waals surface area contributed by atoms with E-state index in [1.807, 2.05) is 0 Å². The van der Waals surface area contributed by atoms with Crippen molar-refractivity contribution >= 4 is 43.8 Å². The molecule has 0 amide bonds. The number of hydrogen-bond donors (Lipinski definition) is 5. The Balaban J connectivity index is 1.59. The fourth-order valence-electron chi connectivity index (χ4n) is 4.36. The second-order valence-corrected chi connectivity index (χ2v) is 9.87. The second-order valence-electron chi connectivity index (χ2n) is 8.48. The number of hydrogen-bond acceptors (Lipinski definition) is 8. The minimum atomic E-state index is -4.79. The maximum absolute atomic E-state index is 12.1. The van der Waals surface area contributed by atoms with Crippen LogP contribution in [0.25, 0.3) is 16.3 Å². The van der Waals surface area contributed by atoms with Crippen LogP contribution in [0.3, 0.4) is 0 Å². The van der Waals surface area contributed by atoms with E-state index in [-0.39, 0.29) is 16.7 Å². The van der Waals surface area contributed by atoms with Crippen LogP contribution in [0, 0.1) is 0 Å². The van der Waals surface area contributed by atoms with Crippen molar-refractivity contribution in [1.82, 2.24) is 5.01 Å². The van der Waals surface area contributed by atoms with Crippen molar-refractivity contribution in [1.29, 1.82) is 0 Å². The molecule has 12 heteroatoms. The Morgan fingerprint density at radius 3 is 2.55 bits per heavy atom. The van der Waals surface area contributed by atoms with Gasteiger partial charge in [0, 0.05) is 22.8 Å². The van der Waals surface area contributed by atoms with E-state index in [1.165, 1.54) is 41.5 Å². The number of allylic oxidation sites excluding steroid dienone is 4. The fourth-order valence-corrected chi connectivity index (χ4v) is 5.02. The van der Waals surface area contributed by atoms with E-state index in [1.54, 1.807) is 36.4 Å². The standard InChI is InChI=1S/C26H20N4O7S/c27-15-9-8-14-12-22(38(35,36)37)23(25(32)20(14)13-15)28-29-30-11-10-16(17-4-1-2-7-21(17)30)18-5-3-6-19(24(18)31)26(33)34/h1-13,21,31-32H,27H2,(H,33,34)(H,35,36,37). The molecule has 11 nitrogen and oxygen atoms in total. The van der Waals surface area contributed by atoms with Gasteiger partial charge < -0.3 is 21.1 Å². The van der Waals surface area contributed by atoms with Crippen LogP contribution in [0.4, 0.5) is 11.4 Å². The summed E-state index contributed by atoms with van der Waals surface area (Å²) in [6.45, 7) is 0. The lowest BCUT2D eigenvalue weighted by Gasteiger charge is -2.30. The summed E-state index contributed by atoms with van der Waals surface area (Å²) in [5, 5.41) is 40.9. The van der Waals surface area contributed by atoms with Crippen molar-refractivity contribution in [3.63, 3.8) is 0 Å². The third-order valence-electron chi connectivity index (χ3n) is 6.15. The Morgan fingerprint density at radius 1 is 1.03 bits per heavy atom. The van der Waals surface area contributed by atoms with Gasteiger partial charge in [-0.25, -0.2) is 9.80 Å². The monoisotopic (exact) mass is 532 g/mol. The van der Waals surface area contributed by atoms with Gasteiger partial charge in [0.05, 0.1) is 6.04 Å². The van der Waals surface area contributed by atoms with Crippen molar-refractivity contribution in [3.8, 4) is 11.5 Å². The Morgan fingerprint density at radius 2 is 1.82 bits per heavy atom. The van der Waals surface area contributed by atoms with Crippen LogP contribution in [0.15, 0.2) is 99.9 Å². The van der Waals surface area contributed by atoms with Crippen LogP contribution in [-0.2, 0) is 10.1 Å². The predicted molar refractivity (Wildman–Crippen MR) is 139 cm³/mol. The van der Waals surface area contributed by atoms with Gasteiger partial charge in [0.25, 0.3) is 10.1 Å². The first-order valence-electron chi connectivity index (χ1n) is 11.1. The lowest BCUT2D eigenvalue weighted by Crippen LogP contribution is -2.29. The number of nitrogens with zero attached hydrogens (tertiary/aromatic N) is 3. The predicted octanol–water partition coefficient (Wildman–Crippen LogP) is 4.55. The van der Waals surface area contributed by atoms with E-state index in [0.29, 0.717) is 27.8 Å². The maximum atomic E-state index is 12.1. The average molecular weight is 533 g/mol. The van der Waals surface area contributed by atoms with Gasteiger partial charge in [0.1, 0.15) is 16.2 Å². The fraction of sp³-hybridized carbons (Fsp3) is 0.0385. The molecule has 192 valence electrons. The number of nitrogen functional groups attached to an aromatic ring is 1. The van der Waals surface area contributed by atoms with Gasteiger partial charge in [0.2, 0.25) is 0 Å². The number of para-hydroxylation sites is 1. The summed E-state index contributed by atoms with van der Waals surface area (Å²) in [5.41, 5.74) is 6.91. The second kappa shape index (κ2) is 9.18. The summed E-state index contributed by atoms with van der Waals surface area (Å²) in [6, 6.07) is 9.47. The van der Waals surface area contributed by atoms with Crippen LogP contribution in [-0.4, -0.2) is 45.3 Å². The third kappa shape index (κ3) is 4.27. The number of phenolic OH excluding ortho intramolecular Hbond substituents is 1. The quantitative estimate of drug-likeness (QED) is 0.178. The number of rotatable bonds is 5. The highest BCUT2D eigenvalue weighted by Gasteiger charge is 2.28. The summed E-state index contributed by atoms with van der Waals surface area (Å²) < 4.78 is 34.0. The molecule has 1 unspecified atom stereocenters. The number of aromatic hydroxyl groups is 2. The minimum absolute atomic E-state index is 0.220. The van der Waals surface area contributed by atoms with E-state index in [2.05, 4.69) is 10.3 Å². The molecule has 1 aliphatic carbocycles. The lowest BCUT2D eigenvalue weighted by atomic mass is 9.88. The summed E-state index contributed by atoms with van der Waals surface area (Å²) in [4.78, 5) is 10.9. The lowest BCUT2D eigenvalue weighted by molar-refractivity contribution is 0.0693. The molecule has 3 aromatic carbocycles. The molecule has 1 aliphatic heterocycles. The van der Waals surface area contributed by atoms with Gasteiger partial charge in [-0.15, -0.1) is 5.11 Å². The van der Waals surface area contributed by atoms with E-state index in [9.17, 15) is 33.1 Å². The van der Waals surface area contributed by atoms with Gasteiger partial charge in [-0.05, 0) is 46.9 Å². The Bertz CT molecular complexity index is 1770. The molecule has 0 radical (unpaired) electrons. The molecule has 3 aromatic rings. The van der Waals surface area contributed by atoms with Crippen molar-refractivity contribution in [3.05, 3.63) is 95.7 Å². The topological polar surface area (TPSA) is 186 Å².